The van der Waals surface area contributed by atoms with Gasteiger partial charge in [-0.3, -0.25) is 9.59 Å². The summed E-state index contributed by atoms with van der Waals surface area (Å²) < 4.78 is 15.1. The van der Waals surface area contributed by atoms with Crippen LogP contribution < -0.4 is 5.43 Å². The Balaban J connectivity index is 2.70. The van der Waals surface area contributed by atoms with E-state index in [0.29, 0.717) is 5.56 Å². The Morgan fingerprint density at radius 1 is 1.32 bits per heavy atom. The molecule has 4 nitrogen and oxygen atoms in total. The fourth-order valence-electron chi connectivity index (χ4n) is 1.76. The number of nitrogens with zero attached hydrogens (tertiary/aromatic N) is 2. The number of aryl methyl sites for hydroxylation is 2. The van der Waals surface area contributed by atoms with Crippen LogP contribution in [0.3, 0.4) is 0 Å². The van der Waals surface area contributed by atoms with E-state index in [9.17, 15) is 14.0 Å². The van der Waals surface area contributed by atoms with Crippen LogP contribution in [0.5, 0.6) is 0 Å². The van der Waals surface area contributed by atoms with Gasteiger partial charge in [0.2, 0.25) is 5.43 Å². The van der Waals surface area contributed by atoms with Gasteiger partial charge in [0.25, 0.3) is 0 Å². The topological polar surface area (TPSA) is 52.0 Å². The predicted octanol–water partition coefficient (Wildman–Crippen LogP) is 2.19. The number of rotatable bonds is 2. The molecule has 98 valence electrons. The standard InChI is InChI=1S/C14H13FN2O2/c1-8-4-5-12(11(15)6-8)17-7-9(2)14(19)13(16-17)10(3)18/h4-7H,1-3H3. The number of ketones is 1. The molecule has 0 unspecified atom stereocenters. The van der Waals surface area contributed by atoms with Crippen LogP contribution >= 0.6 is 0 Å². The van der Waals surface area contributed by atoms with Crippen molar-refractivity contribution in [3.8, 4) is 5.69 Å². The van der Waals surface area contributed by atoms with E-state index in [1.54, 1.807) is 26.0 Å². The number of hydrogen-bond acceptors (Lipinski definition) is 3. The van der Waals surface area contributed by atoms with Gasteiger partial charge in [0.1, 0.15) is 11.5 Å². The van der Waals surface area contributed by atoms with Crippen LogP contribution in [0.4, 0.5) is 4.39 Å². The number of Topliss-reactive ketones (excluding diaryl/α,β-unsaturated/α-hetero) is 1. The molecule has 5 heteroatoms. The van der Waals surface area contributed by atoms with Crippen LogP contribution in [-0.4, -0.2) is 15.6 Å². The van der Waals surface area contributed by atoms with Crippen LogP contribution in [0.15, 0.2) is 29.2 Å². The van der Waals surface area contributed by atoms with Gasteiger partial charge in [-0.1, -0.05) is 6.07 Å². The number of carbonyl (C=O) groups is 1. The lowest BCUT2D eigenvalue weighted by atomic mass is 10.2. The average molecular weight is 260 g/mol. The van der Waals surface area contributed by atoms with Crippen LogP contribution in [-0.2, 0) is 0 Å². The van der Waals surface area contributed by atoms with E-state index < -0.39 is 17.0 Å². The first kappa shape index (κ1) is 13.1. The van der Waals surface area contributed by atoms with Crippen molar-refractivity contribution in [2.75, 3.05) is 0 Å². The minimum atomic E-state index is -0.454. The molecule has 0 amide bonds. The number of aromatic nitrogens is 2. The summed E-state index contributed by atoms with van der Waals surface area (Å²) >= 11 is 0. The van der Waals surface area contributed by atoms with E-state index in [-0.39, 0.29) is 11.4 Å². The normalized spacial score (nSPS) is 10.5. The molecule has 1 heterocycles. The van der Waals surface area contributed by atoms with Crippen LogP contribution in [0, 0.1) is 19.7 Å². The zero-order chi connectivity index (χ0) is 14.2. The third-order valence-electron chi connectivity index (χ3n) is 2.78. The van der Waals surface area contributed by atoms with E-state index in [4.69, 9.17) is 0 Å². The lowest BCUT2D eigenvalue weighted by molar-refractivity contribution is 0.101. The summed E-state index contributed by atoms with van der Waals surface area (Å²) in [7, 11) is 0. The molecule has 0 aliphatic carbocycles. The monoisotopic (exact) mass is 260 g/mol. The summed E-state index contributed by atoms with van der Waals surface area (Å²) in [6.07, 6.45) is 1.42. The SMILES string of the molecule is CC(=O)c1nn(-c2ccc(C)cc2F)cc(C)c1=O. The Kier molecular flexibility index (Phi) is 3.29. The number of benzene rings is 1. The maximum Gasteiger partial charge on any atom is 0.214 e. The Hall–Kier alpha value is -2.30. The third kappa shape index (κ3) is 2.45. The maximum absolute atomic E-state index is 13.9. The number of hydrogen-bond donors (Lipinski definition) is 0. The van der Waals surface area contributed by atoms with Crippen molar-refractivity contribution in [1.82, 2.24) is 9.78 Å². The van der Waals surface area contributed by atoms with E-state index in [0.717, 1.165) is 5.56 Å². The highest BCUT2D eigenvalue weighted by molar-refractivity contribution is 5.91. The Labute approximate surface area is 109 Å². The maximum atomic E-state index is 13.9. The molecule has 0 aliphatic rings. The lowest BCUT2D eigenvalue weighted by Gasteiger charge is -2.09. The molecule has 19 heavy (non-hydrogen) atoms. The molecule has 2 aromatic rings. The zero-order valence-corrected chi connectivity index (χ0v) is 10.9. The molecule has 0 atom stereocenters. The summed E-state index contributed by atoms with van der Waals surface area (Å²) in [5.41, 5.74) is 0.735. The number of carbonyl (C=O) groups excluding carboxylic acids is 1. The minimum absolute atomic E-state index is 0.181. The highest BCUT2D eigenvalue weighted by Gasteiger charge is 2.13. The first-order valence-corrected chi connectivity index (χ1v) is 5.78. The molecule has 0 N–H and O–H groups in total. The Morgan fingerprint density at radius 3 is 2.58 bits per heavy atom. The van der Waals surface area contributed by atoms with Gasteiger partial charge in [-0.05, 0) is 31.5 Å². The molecule has 0 bridgehead atoms. The zero-order valence-electron chi connectivity index (χ0n) is 10.9. The van der Waals surface area contributed by atoms with Crippen molar-refractivity contribution in [1.29, 1.82) is 0 Å². The van der Waals surface area contributed by atoms with Gasteiger partial charge in [0.15, 0.2) is 11.5 Å². The second-order valence-corrected chi connectivity index (χ2v) is 4.45. The Bertz CT molecular complexity index is 720. The first-order valence-electron chi connectivity index (χ1n) is 5.78. The average Bonchev–Trinajstić information content (AvgIpc) is 2.32. The fraction of sp³-hybridized carbons (Fsp3) is 0.214. The van der Waals surface area contributed by atoms with Gasteiger partial charge in [-0.15, -0.1) is 0 Å². The van der Waals surface area contributed by atoms with Crippen molar-refractivity contribution in [3.63, 3.8) is 0 Å². The molecular formula is C14H13FN2O2. The smallest absolute Gasteiger partial charge is 0.214 e. The van der Waals surface area contributed by atoms with Gasteiger partial charge in [-0.25, -0.2) is 9.07 Å². The largest absolute Gasteiger partial charge is 0.293 e. The molecular weight excluding hydrogens is 247 g/mol. The lowest BCUT2D eigenvalue weighted by Crippen LogP contribution is -2.22. The molecule has 2 rings (SSSR count). The molecule has 0 aliphatic heterocycles. The fourth-order valence-corrected chi connectivity index (χ4v) is 1.76. The van der Waals surface area contributed by atoms with Crippen molar-refractivity contribution in [2.24, 2.45) is 0 Å². The molecule has 1 aromatic carbocycles. The summed E-state index contributed by atoms with van der Waals surface area (Å²) in [4.78, 5) is 23.1. The van der Waals surface area contributed by atoms with E-state index >= 15 is 0 Å². The van der Waals surface area contributed by atoms with Crippen molar-refractivity contribution < 1.29 is 9.18 Å². The molecule has 0 spiro atoms. The third-order valence-corrected chi connectivity index (χ3v) is 2.78. The van der Waals surface area contributed by atoms with Gasteiger partial charge in [0, 0.05) is 18.7 Å². The molecule has 0 saturated carbocycles. The van der Waals surface area contributed by atoms with Crippen molar-refractivity contribution >= 4 is 5.78 Å². The summed E-state index contributed by atoms with van der Waals surface area (Å²) in [6.45, 7) is 4.61. The highest BCUT2D eigenvalue weighted by Crippen LogP contribution is 2.14. The highest BCUT2D eigenvalue weighted by atomic mass is 19.1. The Morgan fingerprint density at radius 2 is 2.00 bits per heavy atom. The van der Waals surface area contributed by atoms with Crippen LogP contribution in [0.1, 0.15) is 28.5 Å². The van der Waals surface area contributed by atoms with Gasteiger partial charge < -0.3 is 0 Å². The second kappa shape index (κ2) is 4.76. The molecule has 1 aromatic heterocycles. The van der Waals surface area contributed by atoms with Gasteiger partial charge in [-0.2, -0.15) is 5.10 Å². The second-order valence-electron chi connectivity index (χ2n) is 4.45. The molecule has 0 saturated heterocycles. The van der Waals surface area contributed by atoms with Crippen molar-refractivity contribution in [2.45, 2.75) is 20.8 Å². The summed E-state index contributed by atoms with van der Waals surface area (Å²) in [5.74, 6) is -0.889. The van der Waals surface area contributed by atoms with Crippen LogP contribution in [0.2, 0.25) is 0 Å². The van der Waals surface area contributed by atoms with Gasteiger partial charge >= 0.3 is 0 Å². The first-order chi connectivity index (χ1) is 8.90. The predicted molar refractivity (Wildman–Crippen MR) is 69.3 cm³/mol. The van der Waals surface area contributed by atoms with E-state index in [1.165, 1.54) is 23.9 Å². The van der Waals surface area contributed by atoms with Gasteiger partial charge in [0.05, 0.1) is 0 Å². The molecule has 0 fully saturated rings. The van der Waals surface area contributed by atoms with E-state index in [2.05, 4.69) is 5.10 Å². The molecule has 0 radical (unpaired) electrons. The quantitative estimate of drug-likeness (QED) is 0.778. The minimum Gasteiger partial charge on any atom is -0.293 e. The van der Waals surface area contributed by atoms with Crippen molar-refractivity contribution in [3.05, 3.63) is 57.3 Å². The summed E-state index contributed by atoms with van der Waals surface area (Å²) in [5, 5.41) is 3.91. The summed E-state index contributed by atoms with van der Waals surface area (Å²) in [6, 6.07) is 4.67. The number of halogens is 1. The van der Waals surface area contributed by atoms with E-state index in [1.807, 2.05) is 0 Å². The van der Waals surface area contributed by atoms with Crippen LogP contribution in [0.25, 0.3) is 5.69 Å².